The zero-order valence-corrected chi connectivity index (χ0v) is 14.5. The predicted molar refractivity (Wildman–Crippen MR) is 89.5 cm³/mol. The van der Waals surface area contributed by atoms with E-state index < -0.39 is 16.6 Å². The van der Waals surface area contributed by atoms with Gasteiger partial charge in [0.1, 0.15) is 12.2 Å². The van der Waals surface area contributed by atoms with Crippen molar-refractivity contribution in [1.29, 1.82) is 0 Å². The maximum atomic E-state index is 12.2. The fourth-order valence-electron chi connectivity index (χ4n) is 1.99. The zero-order valence-electron chi connectivity index (χ0n) is 12.9. The molecular weight excluding hydrogens is 382 g/mol. The van der Waals surface area contributed by atoms with Crippen molar-refractivity contribution in [3.8, 4) is 11.5 Å². The molecule has 24 heavy (non-hydrogen) atoms. The average Bonchev–Trinajstić information content (AvgIpc) is 2.59. The molecule has 0 heterocycles. The molecular formula is C16H14BrNO6. The second-order valence-electron chi connectivity index (χ2n) is 4.68. The van der Waals surface area contributed by atoms with Crippen molar-refractivity contribution >= 4 is 27.6 Å². The number of carbonyl (C=O) groups is 1. The molecule has 0 bridgehead atoms. The van der Waals surface area contributed by atoms with E-state index in [1.807, 2.05) is 12.1 Å². The number of benzene rings is 2. The summed E-state index contributed by atoms with van der Waals surface area (Å²) in [6.45, 7) is -0.00237. The topological polar surface area (TPSA) is 87.9 Å². The van der Waals surface area contributed by atoms with Crippen molar-refractivity contribution < 1.29 is 23.9 Å². The molecule has 0 radical (unpaired) electrons. The Morgan fingerprint density at radius 2 is 1.71 bits per heavy atom. The second kappa shape index (κ2) is 7.78. The molecule has 0 saturated carbocycles. The number of methoxy groups -OCH3 is 2. The van der Waals surface area contributed by atoms with E-state index in [-0.39, 0.29) is 23.7 Å². The first-order valence-corrected chi connectivity index (χ1v) is 7.57. The maximum absolute atomic E-state index is 12.2. The van der Waals surface area contributed by atoms with Gasteiger partial charge in [-0.2, -0.15) is 0 Å². The van der Waals surface area contributed by atoms with Gasteiger partial charge in [0.05, 0.1) is 25.2 Å². The van der Waals surface area contributed by atoms with Gasteiger partial charge >= 0.3 is 5.97 Å². The van der Waals surface area contributed by atoms with Crippen LogP contribution in [0.3, 0.4) is 0 Å². The van der Waals surface area contributed by atoms with E-state index >= 15 is 0 Å². The molecule has 2 aromatic carbocycles. The minimum Gasteiger partial charge on any atom is -0.493 e. The molecule has 0 fully saturated rings. The monoisotopic (exact) mass is 395 g/mol. The van der Waals surface area contributed by atoms with Gasteiger partial charge < -0.3 is 14.2 Å². The largest absolute Gasteiger partial charge is 0.493 e. The van der Waals surface area contributed by atoms with Crippen LogP contribution in [-0.4, -0.2) is 25.1 Å². The van der Waals surface area contributed by atoms with E-state index in [2.05, 4.69) is 15.9 Å². The minimum atomic E-state index is -0.814. The number of hydrogen-bond acceptors (Lipinski definition) is 6. The molecule has 0 spiro atoms. The van der Waals surface area contributed by atoms with Gasteiger partial charge in [-0.15, -0.1) is 0 Å². The smallest absolute Gasteiger partial charge is 0.345 e. The van der Waals surface area contributed by atoms with Crippen molar-refractivity contribution in [1.82, 2.24) is 0 Å². The van der Waals surface area contributed by atoms with Gasteiger partial charge in [0, 0.05) is 10.5 Å². The number of nitrogens with zero attached hydrogens (tertiary/aromatic N) is 1. The lowest BCUT2D eigenvalue weighted by molar-refractivity contribution is -0.385. The fraction of sp³-hybridized carbons (Fsp3) is 0.188. The number of nitro groups is 1. The number of ether oxygens (including phenoxy) is 3. The Bertz CT molecular complexity index is 760. The van der Waals surface area contributed by atoms with Crippen molar-refractivity contribution in [3.63, 3.8) is 0 Å². The van der Waals surface area contributed by atoms with Crippen molar-refractivity contribution in [2.45, 2.75) is 6.61 Å². The van der Waals surface area contributed by atoms with Crippen LogP contribution in [-0.2, 0) is 11.3 Å². The standard InChI is InChI=1S/C16H14BrNO6/c1-22-14-7-12(13(18(20)21)8-15(14)23-2)16(19)24-9-10-3-5-11(17)6-4-10/h3-8H,9H2,1-2H3. The number of halogens is 1. The van der Waals surface area contributed by atoms with Gasteiger partial charge in [-0.3, -0.25) is 10.1 Å². The summed E-state index contributed by atoms with van der Waals surface area (Å²) in [6, 6.07) is 9.54. The third-order valence-corrected chi connectivity index (χ3v) is 3.73. The van der Waals surface area contributed by atoms with Crippen LogP contribution in [0.4, 0.5) is 5.69 Å². The third-order valence-electron chi connectivity index (χ3n) is 3.20. The Balaban J connectivity index is 2.26. The van der Waals surface area contributed by atoms with E-state index in [1.54, 1.807) is 12.1 Å². The van der Waals surface area contributed by atoms with Gasteiger partial charge in [-0.25, -0.2) is 4.79 Å². The van der Waals surface area contributed by atoms with Crippen LogP contribution in [0.5, 0.6) is 11.5 Å². The molecule has 0 aliphatic carbocycles. The molecule has 0 unspecified atom stereocenters. The van der Waals surface area contributed by atoms with E-state index in [0.717, 1.165) is 16.1 Å². The second-order valence-corrected chi connectivity index (χ2v) is 5.60. The summed E-state index contributed by atoms with van der Waals surface area (Å²) in [4.78, 5) is 22.8. The first kappa shape index (κ1) is 17.7. The fourth-order valence-corrected chi connectivity index (χ4v) is 2.25. The summed E-state index contributed by atoms with van der Waals surface area (Å²) in [5.74, 6) is -0.446. The van der Waals surface area contributed by atoms with Crippen LogP contribution in [0.15, 0.2) is 40.9 Å². The molecule has 2 aromatic rings. The molecule has 0 atom stereocenters. The normalized spacial score (nSPS) is 10.1. The molecule has 0 aliphatic heterocycles. The zero-order chi connectivity index (χ0) is 17.7. The molecule has 8 heteroatoms. The van der Waals surface area contributed by atoms with Crippen LogP contribution in [0, 0.1) is 10.1 Å². The Hall–Kier alpha value is -2.61. The summed E-state index contributed by atoms with van der Waals surface area (Å²) >= 11 is 3.31. The molecule has 0 aliphatic rings. The molecule has 0 amide bonds. The van der Waals surface area contributed by atoms with Gasteiger partial charge in [-0.05, 0) is 17.7 Å². The number of rotatable bonds is 6. The molecule has 2 rings (SSSR count). The van der Waals surface area contributed by atoms with Crippen LogP contribution in [0.25, 0.3) is 0 Å². The Morgan fingerprint density at radius 1 is 1.12 bits per heavy atom. The van der Waals surface area contributed by atoms with Crippen LogP contribution in [0.1, 0.15) is 15.9 Å². The highest BCUT2D eigenvalue weighted by Crippen LogP contribution is 2.34. The van der Waals surface area contributed by atoms with E-state index in [4.69, 9.17) is 14.2 Å². The van der Waals surface area contributed by atoms with Crippen molar-refractivity contribution in [3.05, 3.63) is 62.1 Å². The summed E-state index contributed by atoms with van der Waals surface area (Å²) < 4.78 is 16.2. The molecule has 7 nitrogen and oxygen atoms in total. The Labute approximate surface area is 146 Å². The number of carbonyl (C=O) groups excluding carboxylic acids is 1. The summed E-state index contributed by atoms with van der Waals surface area (Å²) in [5, 5.41) is 11.2. The van der Waals surface area contributed by atoms with Crippen molar-refractivity contribution in [2.24, 2.45) is 0 Å². The molecule has 0 N–H and O–H groups in total. The van der Waals surface area contributed by atoms with E-state index in [0.29, 0.717) is 0 Å². The van der Waals surface area contributed by atoms with Crippen LogP contribution >= 0.6 is 15.9 Å². The van der Waals surface area contributed by atoms with Crippen LogP contribution < -0.4 is 9.47 Å². The highest BCUT2D eigenvalue weighted by molar-refractivity contribution is 9.10. The molecule has 0 saturated heterocycles. The van der Waals surface area contributed by atoms with E-state index in [1.165, 1.54) is 20.3 Å². The highest BCUT2D eigenvalue weighted by Gasteiger charge is 2.25. The van der Waals surface area contributed by atoms with Gasteiger partial charge in [0.2, 0.25) is 0 Å². The average molecular weight is 396 g/mol. The van der Waals surface area contributed by atoms with Gasteiger partial charge in [0.15, 0.2) is 11.5 Å². The summed E-state index contributed by atoms with van der Waals surface area (Å²) in [7, 11) is 2.73. The Morgan fingerprint density at radius 3 is 2.25 bits per heavy atom. The number of nitro benzene ring substituents is 1. The molecule has 0 aromatic heterocycles. The van der Waals surface area contributed by atoms with Gasteiger partial charge in [-0.1, -0.05) is 28.1 Å². The lowest BCUT2D eigenvalue weighted by Gasteiger charge is -2.10. The number of esters is 1. The lowest BCUT2D eigenvalue weighted by atomic mass is 10.1. The third kappa shape index (κ3) is 4.02. The molecule has 126 valence electrons. The lowest BCUT2D eigenvalue weighted by Crippen LogP contribution is -2.09. The predicted octanol–water partition coefficient (Wildman–Crippen LogP) is 3.73. The van der Waals surface area contributed by atoms with Crippen LogP contribution in [0.2, 0.25) is 0 Å². The van der Waals surface area contributed by atoms with E-state index in [9.17, 15) is 14.9 Å². The first-order chi connectivity index (χ1) is 11.5. The summed E-state index contributed by atoms with van der Waals surface area (Å²) in [5.41, 5.74) is 0.151. The van der Waals surface area contributed by atoms with Gasteiger partial charge in [0.25, 0.3) is 5.69 Å². The van der Waals surface area contributed by atoms with Crippen molar-refractivity contribution in [2.75, 3.05) is 14.2 Å². The quantitative estimate of drug-likeness (QED) is 0.420. The maximum Gasteiger partial charge on any atom is 0.345 e. The Kier molecular flexibility index (Phi) is 5.75. The SMILES string of the molecule is COc1cc(C(=O)OCc2ccc(Br)cc2)c([N+](=O)[O-])cc1OC. The minimum absolute atomic E-state index is 0.00237. The first-order valence-electron chi connectivity index (χ1n) is 6.78. The highest BCUT2D eigenvalue weighted by atomic mass is 79.9. The summed E-state index contributed by atoms with van der Waals surface area (Å²) in [6.07, 6.45) is 0. The number of hydrogen-bond donors (Lipinski definition) is 0.